The maximum absolute atomic E-state index is 10.9. The average Bonchev–Trinajstić information content (AvgIpc) is 2.24. The molecule has 0 spiro atoms. The summed E-state index contributed by atoms with van der Waals surface area (Å²) in [5, 5.41) is 9.61. The molecule has 0 bridgehead atoms. The molecule has 15 heavy (non-hydrogen) atoms. The number of methoxy groups -OCH3 is 1. The molecule has 0 saturated carbocycles. The number of aliphatic hydroxyl groups excluding tert-OH is 1. The van der Waals surface area contributed by atoms with Crippen LogP contribution in [0.1, 0.15) is 33.1 Å². The minimum Gasteiger partial charge on any atom is -0.466 e. The SMILES string of the molecule is C=C(CC)C(O)CC/C(C)=C/C(=O)OC. The molecule has 0 aliphatic heterocycles. The summed E-state index contributed by atoms with van der Waals surface area (Å²) in [5.74, 6) is -0.351. The summed E-state index contributed by atoms with van der Waals surface area (Å²) in [7, 11) is 1.35. The van der Waals surface area contributed by atoms with E-state index in [9.17, 15) is 9.90 Å². The molecule has 1 atom stereocenters. The summed E-state index contributed by atoms with van der Waals surface area (Å²) in [5.41, 5.74) is 1.74. The molecule has 0 rings (SSSR count). The molecule has 0 radical (unpaired) electrons. The van der Waals surface area contributed by atoms with E-state index in [1.807, 2.05) is 13.8 Å². The Hall–Kier alpha value is -1.09. The predicted octanol–water partition coefficient (Wildman–Crippen LogP) is 2.21. The lowest BCUT2D eigenvalue weighted by Crippen LogP contribution is -2.09. The van der Waals surface area contributed by atoms with Gasteiger partial charge in [0.25, 0.3) is 0 Å². The van der Waals surface area contributed by atoms with Crippen molar-refractivity contribution < 1.29 is 14.6 Å². The van der Waals surface area contributed by atoms with Crippen LogP contribution in [0.2, 0.25) is 0 Å². The fraction of sp³-hybridized carbons (Fsp3) is 0.583. The number of ether oxygens (including phenoxy) is 1. The van der Waals surface area contributed by atoms with Gasteiger partial charge in [-0.05, 0) is 31.8 Å². The van der Waals surface area contributed by atoms with Crippen molar-refractivity contribution in [1.29, 1.82) is 0 Å². The van der Waals surface area contributed by atoms with Crippen LogP contribution in [0.3, 0.4) is 0 Å². The van der Waals surface area contributed by atoms with E-state index >= 15 is 0 Å². The Kier molecular flexibility index (Phi) is 6.71. The number of allylic oxidation sites excluding steroid dienone is 1. The van der Waals surface area contributed by atoms with Gasteiger partial charge in [-0.2, -0.15) is 0 Å². The van der Waals surface area contributed by atoms with E-state index in [2.05, 4.69) is 11.3 Å². The van der Waals surface area contributed by atoms with Gasteiger partial charge in [0.1, 0.15) is 0 Å². The van der Waals surface area contributed by atoms with E-state index in [0.29, 0.717) is 12.8 Å². The predicted molar refractivity (Wildman–Crippen MR) is 60.4 cm³/mol. The molecule has 3 nitrogen and oxygen atoms in total. The number of aliphatic hydroxyl groups is 1. The van der Waals surface area contributed by atoms with Crippen molar-refractivity contribution in [2.24, 2.45) is 0 Å². The van der Waals surface area contributed by atoms with Gasteiger partial charge in [-0.3, -0.25) is 0 Å². The fourth-order valence-electron chi connectivity index (χ4n) is 1.14. The van der Waals surface area contributed by atoms with Gasteiger partial charge in [0.05, 0.1) is 13.2 Å². The molecule has 0 aromatic rings. The topological polar surface area (TPSA) is 46.5 Å². The Labute approximate surface area is 91.4 Å². The van der Waals surface area contributed by atoms with Crippen molar-refractivity contribution in [3.63, 3.8) is 0 Å². The van der Waals surface area contributed by atoms with Gasteiger partial charge < -0.3 is 9.84 Å². The molecule has 0 amide bonds. The van der Waals surface area contributed by atoms with Gasteiger partial charge in [-0.1, -0.05) is 19.1 Å². The van der Waals surface area contributed by atoms with Crippen molar-refractivity contribution >= 4 is 5.97 Å². The number of rotatable bonds is 6. The standard InChI is InChI=1S/C12H20O3/c1-5-10(3)11(13)7-6-9(2)8-12(14)15-4/h8,11,13H,3,5-7H2,1-2,4H3/b9-8+. The van der Waals surface area contributed by atoms with E-state index < -0.39 is 6.10 Å². The highest BCUT2D eigenvalue weighted by molar-refractivity contribution is 5.82. The van der Waals surface area contributed by atoms with Gasteiger partial charge in [0.15, 0.2) is 0 Å². The van der Waals surface area contributed by atoms with E-state index in [0.717, 1.165) is 17.6 Å². The zero-order valence-electron chi connectivity index (χ0n) is 9.75. The zero-order valence-corrected chi connectivity index (χ0v) is 9.75. The first-order valence-electron chi connectivity index (χ1n) is 5.12. The number of carbonyl (C=O) groups is 1. The highest BCUT2D eigenvalue weighted by Crippen LogP contribution is 2.13. The number of esters is 1. The Morgan fingerprint density at radius 2 is 2.20 bits per heavy atom. The lowest BCUT2D eigenvalue weighted by molar-refractivity contribution is -0.134. The van der Waals surface area contributed by atoms with Gasteiger partial charge in [-0.25, -0.2) is 4.79 Å². The van der Waals surface area contributed by atoms with Crippen LogP contribution in [0.5, 0.6) is 0 Å². The van der Waals surface area contributed by atoms with Crippen molar-refractivity contribution in [3.8, 4) is 0 Å². The second-order valence-electron chi connectivity index (χ2n) is 3.58. The van der Waals surface area contributed by atoms with Gasteiger partial charge in [0.2, 0.25) is 0 Å². The number of hydrogen-bond acceptors (Lipinski definition) is 3. The van der Waals surface area contributed by atoms with Crippen molar-refractivity contribution in [2.75, 3.05) is 7.11 Å². The lowest BCUT2D eigenvalue weighted by atomic mass is 10.0. The summed E-state index contributed by atoms with van der Waals surface area (Å²) < 4.78 is 4.50. The normalized spacial score (nSPS) is 13.5. The van der Waals surface area contributed by atoms with E-state index in [1.54, 1.807) is 0 Å². The molecule has 0 heterocycles. The van der Waals surface area contributed by atoms with Crippen LogP contribution in [0.15, 0.2) is 23.8 Å². The average molecular weight is 212 g/mol. The van der Waals surface area contributed by atoms with Crippen molar-refractivity contribution in [3.05, 3.63) is 23.8 Å². The fourth-order valence-corrected chi connectivity index (χ4v) is 1.14. The van der Waals surface area contributed by atoms with E-state index in [1.165, 1.54) is 13.2 Å². The first-order valence-corrected chi connectivity index (χ1v) is 5.12. The largest absolute Gasteiger partial charge is 0.466 e. The Morgan fingerprint density at radius 3 is 2.67 bits per heavy atom. The van der Waals surface area contributed by atoms with E-state index in [4.69, 9.17) is 0 Å². The monoisotopic (exact) mass is 212 g/mol. The smallest absolute Gasteiger partial charge is 0.330 e. The van der Waals surface area contributed by atoms with Crippen LogP contribution in [0.4, 0.5) is 0 Å². The Bertz CT molecular complexity index is 254. The number of hydrogen-bond donors (Lipinski definition) is 1. The summed E-state index contributed by atoms with van der Waals surface area (Å²) >= 11 is 0. The number of carbonyl (C=O) groups excluding carboxylic acids is 1. The third-order valence-corrected chi connectivity index (χ3v) is 2.30. The second-order valence-corrected chi connectivity index (χ2v) is 3.58. The highest BCUT2D eigenvalue weighted by Gasteiger charge is 2.07. The molecule has 0 aliphatic carbocycles. The summed E-state index contributed by atoms with van der Waals surface area (Å²) in [6, 6.07) is 0. The van der Waals surface area contributed by atoms with Gasteiger partial charge >= 0.3 is 5.97 Å². The van der Waals surface area contributed by atoms with Gasteiger partial charge in [-0.15, -0.1) is 0 Å². The molecule has 0 aromatic heterocycles. The lowest BCUT2D eigenvalue weighted by Gasteiger charge is -2.11. The summed E-state index contributed by atoms with van der Waals surface area (Å²) in [6.45, 7) is 7.57. The van der Waals surface area contributed by atoms with E-state index in [-0.39, 0.29) is 5.97 Å². The third kappa shape index (κ3) is 6.07. The second kappa shape index (κ2) is 7.23. The molecular formula is C12H20O3. The molecular weight excluding hydrogens is 192 g/mol. The summed E-state index contributed by atoms with van der Waals surface area (Å²) in [6.07, 6.45) is 3.03. The molecule has 1 unspecified atom stereocenters. The zero-order chi connectivity index (χ0) is 11.8. The Balaban J connectivity index is 4.00. The minimum absolute atomic E-state index is 0.351. The molecule has 0 aromatic carbocycles. The minimum atomic E-state index is -0.476. The first-order chi connectivity index (χ1) is 7.01. The molecule has 0 fully saturated rings. The first kappa shape index (κ1) is 13.9. The quantitative estimate of drug-likeness (QED) is 0.417. The van der Waals surface area contributed by atoms with Crippen LogP contribution in [-0.4, -0.2) is 24.3 Å². The maximum Gasteiger partial charge on any atom is 0.330 e. The van der Waals surface area contributed by atoms with Crippen LogP contribution in [0, 0.1) is 0 Å². The molecule has 3 heteroatoms. The molecule has 1 N–H and O–H groups in total. The van der Waals surface area contributed by atoms with Gasteiger partial charge in [0, 0.05) is 6.08 Å². The van der Waals surface area contributed by atoms with Crippen LogP contribution in [0.25, 0.3) is 0 Å². The van der Waals surface area contributed by atoms with Crippen LogP contribution >= 0.6 is 0 Å². The molecule has 86 valence electrons. The van der Waals surface area contributed by atoms with Crippen LogP contribution in [-0.2, 0) is 9.53 Å². The van der Waals surface area contributed by atoms with Crippen molar-refractivity contribution in [1.82, 2.24) is 0 Å². The van der Waals surface area contributed by atoms with Crippen LogP contribution < -0.4 is 0 Å². The summed E-state index contributed by atoms with van der Waals surface area (Å²) in [4.78, 5) is 10.9. The third-order valence-electron chi connectivity index (χ3n) is 2.30. The highest BCUT2D eigenvalue weighted by atomic mass is 16.5. The Morgan fingerprint density at radius 1 is 1.60 bits per heavy atom. The maximum atomic E-state index is 10.9. The molecule has 0 saturated heterocycles. The molecule has 0 aliphatic rings. The van der Waals surface area contributed by atoms with Crippen molar-refractivity contribution in [2.45, 2.75) is 39.2 Å².